The van der Waals surface area contributed by atoms with E-state index in [1.807, 2.05) is 19.1 Å². The van der Waals surface area contributed by atoms with Crippen molar-refractivity contribution in [3.8, 4) is 12.1 Å². The van der Waals surface area contributed by atoms with Crippen LogP contribution in [0.15, 0.2) is 11.2 Å². The molecule has 0 amide bonds. The third-order valence-electron chi connectivity index (χ3n) is 1.51. The minimum atomic E-state index is 0.239. The lowest BCUT2D eigenvalue weighted by Gasteiger charge is -1.91. The SMILES string of the molecule is CCOC=Nc1[nH]cc(C#N)c1C#N. The van der Waals surface area contributed by atoms with Crippen molar-refractivity contribution in [1.29, 1.82) is 10.5 Å². The lowest BCUT2D eigenvalue weighted by Crippen LogP contribution is -1.84. The highest BCUT2D eigenvalue weighted by atomic mass is 16.5. The number of nitrogens with zero attached hydrogens (tertiary/aromatic N) is 3. The molecule has 1 aromatic rings. The number of hydrogen-bond donors (Lipinski definition) is 1. The van der Waals surface area contributed by atoms with E-state index in [9.17, 15) is 0 Å². The number of ether oxygens (including phenoxy) is 1. The fourth-order valence-electron chi connectivity index (χ4n) is 0.880. The number of aromatic amines is 1. The van der Waals surface area contributed by atoms with Gasteiger partial charge in [-0.25, -0.2) is 4.99 Å². The smallest absolute Gasteiger partial charge is 0.176 e. The van der Waals surface area contributed by atoms with Crippen LogP contribution in [0.1, 0.15) is 18.1 Å². The van der Waals surface area contributed by atoms with E-state index in [1.54, 1.807) is 0 Å². The van der Waals surface area contributed by atoms with Crippen molar-refractivity contribution in [2.75, 3.05) is 6.61 Å². The first-order chi connectivity index (χ1) is 6.83. The summed E-state index contributed by atoms with van der Waals surface area (Å²) < 4.78 is 4.88. The number of hydrogen-bond acceptors (Lipinski definition) is 4. The zero-order chi connectivity index (χ0) is 10.4. The molecular weight excluding hydrogens is 180 g/mol. The van der Waals surface area contributed by atoms with Gasteiger partial charge in [0, 0.05) is 6.20 Å². The van der Waals surface area contributed by atoms with Crippen LogP contribution in [0.3, 0.4) is 0 Å². The van der Waals surface area contributed by atoms with Crippen molar-refractivity contribution in [1.82, 2.24) is 4.98 Å². The van der Waals surface area contributed by atoms with Gasteiger partial charge in [-0.1, -0.05) is 0 Å². The van der Waals surface area contributed by atoms with Crippen molar-refractivity contribution in [2.45, 2.75) is 6.92 Å². The molecule has 70 valence electrons. The monoisotopic (exact) mass is 188 g/mol. The van der Waals surface area contributed by atoms with Crippen LogP contribution in [0.2, 0.25) is 0 Å². The van der Waals surface area contributed by atoms with E-state index in [4.69, 9.17) is 15.3 Å². The van der Waals surface area contributed by atoms with E-state index in [-0.39, 0.29) is 11.1 Å². The van der Waals surface area contributed by atoms with Crippen LogP contribution in [0, 0.1) is 22.7 Å². The van der Waals surface area contributed by atoms with Gasteiger partial charge in [-0.2, -0.15) is 10.5 Å². The van der Waals surface area contributed by atoms with Gasteiger partial charge in [0.15, 0.2) is 12.2 Å². The Labute approximate surface area is 81.3 Å². The highest BCUT2D eigenvalue weighted by molar-refractivity contribution is 5.63. The Morgan fingerprint density at radius 2 is 2.36 bits per heavy atom. The Morgan fingerprint density at radius 1 is 1.57 bits per heavy atom. The summed E-state index contributed by atoms with van der Waals surface area (Å²) in [4.78, 5) is 6.57. The number of H-pyrrole nitrogens is 1. The molecule has 0 saturated carbocycles. The molecule has 0 radical (unpaired) electrons. The quantitative estimate of drug-likeness (QED) is 0.575. The van der Waals surface area contributed by atoms with Crippen LogP contribution in [-0.2, 0) is 4.74 Å². The second-order valence-electron chi connectivity index (χ2n) is 2.34. The molecule has 0 aliphatic carbocycles. The molecule has 14 heavy (non-hydrogen) atoms. The third kappa shape index (κ3) is 1.90. The van der Waals surface area contributed by atoms with Crippen molar-refractivity contribution in [3.05, 3.63) is 17.3 Å². The average Bonchev–Trinajstić information content (AvgIpc) is 2.60. The molecular formula is C9H8N4O. The molecule has 0 unspecified atom stereocenters. The number of nitriles is 2. The van der Waals surface area contributed by atoms with Gasteiger partial charge < -0.3 is 9.72 Å². The van der Waals surface area contributed by atoms with Gasteiger partial charge in [0.2, 0.25) is 0 Å². The molecule has 0 bridgehead atoms. The van der Waals surface area contributed by atoms with Crippen LogP contribution in [-0.4, -0.2) is 18.0 Å². The standard InChI is InChI=1S/C9H8N4O/c1-2-14-6-13-9-8(4-11)7(3-10)5-12-9/h5-6,12H,2H2,1H3. The van der Waals surface area contributed by atoms with E-state index >= 15 is 0 Å². The summed E-state index contributed by atoms with van der Waals surface area (Å²) in [5, 5.41) is 17.4. The summed E-state index contributed by atoms with van der Waals surface area (Å²) in [6.45, 7) is 2.34. The lowest BCUT2D eigenvalue weighted by molar-refractivity contribution is 0.344. The molecule has 5 nitrogen and oxygen atoms in total. The van der Waals surface area contributed by atoms with Crippen LogP contribution in [0.5, 0.6) is 0 Å². The fourth-order valence-corrected chi connectivity index (χ4v) is 0.880. The summed E-state index contributed by atoms with van der Waals surface area (Å²) >= 11 is 0. The summed E-state index contributed by atoms with van der Waals surface area (Å²) in [6.07, 6.45) is 2.69. The first-order valence-corrected chi connectivity index (χ1v) is 3.99. The second-order valence-corrected chi connectivity index (χ2v) is 2.34. The molecule has 0 spiro atoms. The molecule has 0 fully saturated rings. The van der Waals surface area contributed by atoms with Crippen molar-refractivity contribution in [3.63, 3.8) is 0 Å². The predicted molar refractivity (Wildman–Crippen MR) is 50.0 cm³/mol. The Hall–Kier alpha value is -2.27. The normalized spacial score (nSPS) is 9.64. The van der Waals surface area contributed by atoms with Crippen molar-refractivity contribution >= 4 is 12.2 Å². The first kappa shape index (κ1) is 9.82. The minimum Gasteiger partial charge on any atom is -0.483 e. The lowest BCUT2D eigenvalue weighted by atomic mass is 10.2. The van der Waals surface area contributed by atoms with Gasteiger partial charge in [-0.15, -0.1) is 0 Å². The molecule has 1 N–H and O–H groups in total. The van der Waals surface area contributed by atoms with Crippen LogP contribution >= 0.6 is 0 Å². The Bertz CT molecular complexity index is 419. The van der Waals surface area contributed by atoms with Crippen molar-refractivity contribution < 1.29 is 4.74 Å². The van der Waals surface area contributed by atoms with Crippen LogP contribution in [0.25, 0.3) is 0 Å². The van der Waals surface area contributed by atoms with Gasteiger partial charge in [-0.3, -0.25) is 0 Å². The summed E-state index contributed by atoms with van der Waals surface area (Å²) in [5.74, 6) is 0.345. The topological polar surface area (TPSA) is 85.0 Å². The highest BCUT2D eigenvalue weighted by Crippen LogP contribution is 2.19. The first-order valence-electron chi connectivity index (χ1n) is 3.99. The van der Waals surface area contributed by atoms with Gasteiger partial charge in [0.1, 0.15) is 17.7 Å². The minimum absolute atomic E-state index is 0.239. The molecule has 0 atom stereocenters. The highest BCUT2D eigenvalue weighted by Gasteiger charge is 2.08. The number of nitrogens with one attached hydrogen (secondary N) is 1. The maximum atomic E-state index is 8.74. The van der Waals surface area contributed by atoms with Gasteiger partial charge in [0.05, 0.1) is 12.2 Å². The van der Waals surface area contributed by atoms with E-state index in [2.05, 4.69) is 9.98 Å². The Kier molecular flexibility index (Phi) is 3.28. The molecule has 0 aliphatic heterocycles. The zero-order valence-electron chi connectivity index (χ0n) is 7.61. The molecule has 0 aromatic carbocycles. The van der Waals surface area contributed by atoms with E-state index in [1.165, 1.54) is 12.6 Å². The number of aromatic nitrogens is 1. The molecule has 0 saturated heterocycles. The number of aliphatic imine (C=N–C) groups is 1. The van der Waals surface area contributed by atoms with Crippen molar-refractivity contribution in [2.24, 2.45) is 4.99 Å². The van der Waals surface area contributed by atoms with E-state index in [0.717, 1.165) is 0 Å². The molecule has 0 aliphatic rings. The average molecular weight is 188 g/mol. The summed E-state index contributed by atoms with van der Waals surface area (Å²) in [7, 11) is 0. The zero-order valence-corrected chi connectivity index (χ0v) is 7.61. The van der Waals surface area contributed by atoms with Crippen LogP contribution < -0.4 is 0 Å². The van der Waals surface area contributed by atoms with Crippen LogP contribution in [0.4, 0.5) is 5.82 Å². The Balaban J connectivity index is 2.95. The summed E-state index contributed by atoms with van der Waals surface area (Å²) in [5.41, 5.74) is 0.527. The van der Waals surface area contributed by atoms with Gasteiger partial charge in [0.25, 0.3) is 0 Å². The molecule has 5 heteroatoms. The largest absolute Gasteiger partial charge is 0.483 e. The molecule has 1 aromatic heterocycles. The van der Waals surface area contributed by atoms with E-state index in [0.29, 0.717) is 12.4 Å². The third-order valence-corrected chi connectivity index (χ3v) is 1.51. The predicted octanol–water partition coefficient (Wildman–Crippen LogP) is 1.45. The van der Waals surface area contributed by atoms with Gasteiger partial charge >= 0.3 is 0 Å². The fraction of sp³-hybridized carbons (Fsp3) is 0.222. The molecule has 1 heterocycles. The Morgan fingerprint density at radius 3 is 2.93 bits per heavy atom. The molecule has 1 rings (SSSR count). The van der Waals surface area contributed by atoms with E-state index < -0.39 is 0 Å². The maximum Gasteiger partial charge on any atom is 0.176 e. The number of rotatable bonds is 3. The second kappa shape index (κ2) is 4.68. The maximum absolute atomic E-state index is 8.74. The van der Waals surface area contributed by atoms with Gasteiger partial charge in [-0.05, 0) is 6.92 Å². The summed E-state index contributed by atoms with van der Waals surface area (Å²) in [6, 6.07) is 3.79.